The van der Waals surface area contributed by atoms with Gasteiger partial charge in [0.25, 0.3) is 0 Å². The third kappa shape index (κ3) is 3.64. The van der Waals surface area contributed by atoms with Crippen molar-refractivity contribution < 1.29 is 0 Å². The number of halogens is 2. The maximum absolute atomic E-state index is 9.18. The van der Waals surface area contributed by atoms with Gasteiger partial charge in [-0.1, -0.05) is 37.9 Å². The number of rotatable bonds is 3. The smallest absolute Gasteiger partial charge is 0.0992 e. The third-order valence-electron chi connectivity index (χ3n) is 3.40. The van der Waals surface area contributed by atoms with Gasteiger partial charge in [0.1, 0.15) is 0 Å². The molecule has 0 bridgehead atoms. The van der Waals surface area contributed by atoms with Gasteiger partial charge in [-0.05, 0) is 66.7 Å². The minimum Gasteiger partial charge on any atom is -0.310 e. The minimum absolute atomic E-state index is 0.640. The van der Waals surface area contributed by atoms with E-state index in [4.69, 9.17) is 0 Å². The van der Waals surface area contributed by atoms with Crippen molar-refractivity contribution in [2.75, 3.05) is 4.90 Å². The Balaban J connectivity index is 2.14. The van der Waals surface area contributed by atoms with Crippen molar-refractivity contribution in [1.82, 2.24) is 0 Å². The summed E-state index contributed by atoms with van der Waals surface area (Å²) >= 11 is 6.94. The van der Waals surface area contributed by atoms with Crippen molar-refractivity contribution in [2.24, 2.45) is 0 Å². The molecule has 0 aliphatic rings. The quantitative estimate of drug-likeness (QED) is 0.473. The average molecular weight is 428 g/mol. The zero-order valence-electron chi connectivity index (χ0n) is 12.1. The van der Waals surface area contributed by atoms with Gasteiger partial charge in [0.05, 0.1) is 11.6 Å². The van der Waals surface area contributed by atoms with E-state index in [1.807, 2.05) is 72.8 Å². The Labute approximate surface area is 152 Å². The van der Waals surface area contributed by atoms with E-state index in [1.54, 1.807) is 0 Å². The first kappa shape index (κ1) is 15.8. The van der Waals surface area contributed by atoms with Gasteiger partial charge in [-0.2, -0.15) is 5.26 Å². The lowest BCUT2D eigenvalue weighted by Gasteiger charge is -2.25. The number of nitrogens with zero attached hydrogens (tertiary/aromatic N) is 2. The Morgan fingerprint density at radius 2 is 1.22 bits per heavy atom. The fourth-order valence-electron chi connectivity index (χ4n) is 2.34. The lowest BCUT2D eigenvalue weighted by atomic mass is 10.1. The van der Waals surface area contributed by atoms with Crippen LogP contribution in [0.25, 0.3) is 0 Å². The summed E-state index contributed by atoms with van der Waals surface area (Å²) in [5, 5.41) is 9.18. The standard InChI is InChI=1S/C19H12Br2N2/c20-15-4-8-17(9-5-15)23(18-10-6-16(21)7-11-18)19-3-1-2-14(12-19)13-22/h1-12H. The Bertz CT molecular complexity index is 804. The highest BCUT2D eigenvalue weighted by Crippen LogP contribution is 2.35. The zero-order valence-corrected chi connectivity index (χ0v) is 15.3. The van der Waals surface area contributed by atoms with Gasteiger partial charge >= 0.3 is 0 Å². The largest absolute Gasteiger partial charge is 0.310 e. The van der Waals surface area contributed by atoms with Crippen LogP contribution in [-0.2, 0) is 0 Å². The summed E-state index contributed by atoms with van der Waals surface area (Å²) in [6.45, 7) is 0. The summed E-state index contributed by atoms with van der Waals surface area (Å²) in [6.07, 6.45) is 0. The molecule has 0 saturated carbocycles. The Kier molecular flexibility index (Phi) is 4.80. The molecule has 0 amide bonds. The molecule has 0 fully saturated rings. The predicted octanol–water partition coefficient (Wildman–Crippen LogP) is 6.55. The number of hydrogen-bond donors (Lipinski definition) is 0. The molecule has 0 saturated heterocycles. The van der Waals surface area contributed by atoms with Crippen LogP contribution in [0.4, 0.5) is 17.1 Å². The van der Waals surface area contributed by atoms with Gasteiger partial charge < -0.3 is 4.90 Å². The second-order valence-corrected chi connectivity index (χ2v) is 6.78. The van der Waals surface area contributed by atoms with Crippen LogP contribution in [0.2, 0.25) is 0 Å². The Morgan fingerprint density at radius 1 is 0.696 bits per heavy atom. The summed E-state index contributed by atoms with van der Waals surface area (Å²) in [5.74, 6) is 0. The molecule has 23 heavy (non-hydrogen) atoms. The molecule has 4 heteroatoms. The van der Waals surface area contributed by atoms with Crippen LogP contribution in [0, 0.1) is 11.3 Å². The highest BCUT2D eigenvalue weighted by Gasteiger charge is 2.12. The third-order valence-corrected chi connectivity index (χ3v) is 4.46. The van der Waals surface area contributed by atoms with E-state index in [-0.39, 0.29) is 0 Å². The van der Waals surface area contributed by atoms with E-state index in [9.17, 15) is 5.26 Å². The number of anilines is 3. The van der Waals surface area contributed by atoms with Crippen LogP contribution in [0.5, 0.6) is 0 Å². The maximum atomic E-state index is 9.18. The van der Waals surface area contributed by atoms with Crippen LogP contribution in [0.3, 0.4) is 0 Å². The van der Waals surface area contributed by atoms with E-state index < -0.39 is 0 Å². The van der Waals surface area contributed by atoms with Gasteiger partial charge in [0.15, 0.2) is 0 Å². The lowest BCUT2D eigenvalue weighted by Crippen LogP contribution is -2.09. The molecular formula is C19H12Br2N2. The molecule has 0 unspecified atom stereocenters. The highest BCUT2D eigenvalue weighted by molar-refractivity contribution is 9.10. The summed E-state index contributed by atoms with van der Waals surface area (Å²) in [4.78, 5) is 2.12. The van der Waals surface area contributed by atoms with Crippen LogP contribution in [-0.4, -0.2) is 0 Å². The molecule has 112 valence electrons. The summed E-state index contributed by atoms with van der Waals surface area (Å²) in [7, 11) is 0. The average Bonchev–Trinajstić information content (AvgIpc) is 2.59. The Hall–Kier alpha value is -2.09. The molecule has 3 aromatic carbocycles. The van der Waals surface area contributed by atoms with Gasteiger partial charge in [0.2, 0.25) is 0 Å². The van der Waals surface area contributed by atoms with Crippen molar-refractivity contribution in [3.8, 4) is 6.07 Å². The maximum Gasteiger partial charge on any atom is 0.0992 e. The first-order chi connectivity index (χ1) is 11.2. The molecule has 3 rings (SSSR count). The van der Waals surface area contributed by atoms with Crippen molar-refractivity contribution >= 4 is 48.9 Å². The van der Waals surface area contributed by atoms with Gasteiger partial charge in [-0.15, -0.1) is 0 Å². The number of nitriles is 1. The van der Waals surface area contributed by atoms with Crippen LogP contribution in [0.1, 0.15) is 5.56 Å². The molecular weight excluding hydrogens is 416 g/mol. The number of benzene rings is 3. The Morgan fingerprint density at radius 3 is 1.70 bits per heavy atom. The zero-order chi connectivity index (χ0) is 16.2. The second-order valence-electron chi connectivity index (χ2n) is 4.95. The monoisotopic (exact) mass is 426 g/mol. The molecule has 0 aromatic heterocycles. The molecule has 0 atom stereocenters. The minimum atomic E-state index is 0.640. The number of hydrogen-bond acceptors (Lipinski definition) is 2. The highest BCUT2D eigenvalue weighted by atomic mass is 79.9. The van der Waals surface area contributed by atoms with Crippen molar-refractivity contribution in [2.45, 2.75) is 0 Å². The SMILES string of the molecule is N#Cc1cccc(N(c2ccc(Br)cc2)c2ccc(Br)cc2)c1. The van der Waals surface area contributed by atoms with Gasteiger partial charge in [0, 0.05) is 26.0 Å². The fourth-order valence-corrected chi connectivity index (χ4v) is 2.87. The van der Waals surface area contributed by atoms with E-state index in [1.165, 1.54) is 0 Å². The summed E-state index contributed by atoms with van der Waals surface area (Å²) in [5.41, 5.74) is 3.66. The molecule has 2 nitrogen and oxygen atoms in total. The topological polar surface area (TPSA) is 27.0 Å². The first-order valence-corrected chi connectivity index (χ1v) is 8.57. The van der Waals surface area contributed by atoms with E-state index in [2.05, 4.69) is 42.8 Å². The molecule has 0 N–H and O–H groups in total. The van der Waals surface area contributed by atoms with E-state index in [0.717, 1.165) is 26.0 Å². The molecule has 0 radical (unpaired) electrons. The van der Waals surface area contributed by atoms with Crippen LogP contribution < -0.4 is 4.90 Å². The van der Waals surface area contributed by atoms with Gasteiger partial charge in [-0.3, -0.25) is 0 Å². The van der Waals surface area contributed by atoms with Crippen molar-refractivity contribution in [3.63, 3.8) is 0 Å². The van der Waals surface area contributed by atoms with Crippen LogP contribution in [0.15, 0.2) is 81.7 Å². The van der Waals surface area contributed by atoms with Crippen molar-refractivity contribution in [3.05, 3.63) is 87.3 Å². The second kappa shape index (κ2) is 6.99. The molecule has 0 aliphatic carbocycles. The fraction of sp³-hybridized carbons (Fsp3) is 0. The van der Waals surface area contributed by atoms with E-state index in [0.29, 0.717) is 5.56 Å². The predicted molar refractivity (Wildman–Crippen MR) is 101 cm³/mol. The van der Waals surface area contributed by atoms with Gasteiger partial charge in [-0.25, -0.2) is 0 Å². The first-order valence-electron chi connectivity index (χ1n) is 6.99. The summed E-state index contributed by atoms with van der Waals surface area (Å²) < 4.78 is 2.06. The van der Waals surface area contributed by atoms with Crippen molar-refractivity contribution in [1.29, 1.82) is 5.26 Å². The molecule has 0 spiro atoms. The lowest BCUT2D eigenvalue weighted by molar-refractivity contribution is 1.27. The molecule has 3 aromatic rings. The summed E-state index contributed by atoms with van der Waals surface area (Å²) in [6, 6.07) is 26.0. The molecule has 0 aliphatic heterocycles. The van der Waals surface area contributed by atoms with E-state index >= 15 is 0 Å². The normalized spacial score (nSPS) is 10.1. The molecule has 0 heterocycles. The van der Waals surface area contributed by atoms with Crippen LogP contribution >= 0.6 is 31.9 Å².